The van der Waals surface area contributed by atoms with Crippen molar-refractivity contribution in [3.05, 3.63) is 65.7 Å². The molecule has 0 N–H and O–H groups in total. The van der Waals surface area contributed by atoms with Gasteiger partial charge in [0.25, 0.3) is 0 Å². The third-order valence-electron chi connectivity index (χ3n) is 4.94. The van der Waals surface area contributed by atoms with Crippen LogP contribution in [0.5, 0.6) is 11.5 Å². The number of nitrogens with zero attached hydrogens (tertiary/aromatic N) is 4. The van der Waals surface area contributed by atoms with Gasteiger partial charge in [-0.05, 0) is 29.8 Å². The summed E-state index contributed by atoms with van der Waals surface area (Å²) in [6.07, 6.45) is 3.90. The summed E-state index contributed by atoms with van der Waals surface area (Å²) in [5.41, 5.74) is 3.56. The van der Waals surface area contributed by atoms with Crippen LogP contribution in [0.25, 0.3) is 11.0 Å². The summed E-state index contributed by atoms with van der Waals surface area (Å²) in [6, 6.07) is 11.4. The van der Waals surface area contributed by atoms with Gasteiger partial charge in [0.05, 0.1) is 18.1 Å². The SMILES string of the molecule is Cn1ccnc1COc1ccc([C@@H]2CC(=O)Oc3ccc4nsnc4c32)cc1. The van der Waals surface area contributed by atoms with Crippen LogP contribution in [0.1, 0.15) is 29.3 Å². The van der Waals surface area contributed by atoms with E-state index in [1.165, 1.54) is 0 Å². The molecule has 0 saturated heterocycles. The van der Waals surface area contributed by atoms with Crippen molar-refractivity contribution in [3.8, 4) is 11.5 Å². The summed E-state index contributed by atoms with van der Waals surface area (Å²) in [7, 11) is 1.93. The van der Waals surface area contributed by atoms with Crippen molar-refractivity contribution in [2.75, 3.05) is 0 Å². The lowest BCUT2D eigenvalue weighted by molar-refractivity contribution is -0.135. The molecule has 0 spiro atoms. The van der Waals surface area contributed by atoms with Crippen molar-refractivity contribution in [2.24, 2.45) is 7.05 Å². The zero-order chi connectivity index (χ0) is 19.1. The van der Waals surface area contributed by atoms with Crippen LogP contribution >= 0.6 is 11.7 Å². The van der Waals surface area contributed by atoms with Gasteiger partial charge < -0.3 is 14.0 Å². The standard InChI is InChI=1S/C20H16N4O3S/c1-24-9-8-21-17(24)11-26-13-4-2-12(3-5-13)14-10-18(25)27-16-7-6-15-20(19(14)16)23-28-22-15/h2-9,14H,10-11H2,1H3/t14-/m0/s1. The fraction of sp³-hybridized carbons (Fsp3) is 0.200. The number of hydrogen-bond donors (Lipinski definition) is 0. The van der Waals surface area contributed by atoms with Crippen LogP contribution < -0.4 is 9.47 Å². The van der Waals surface area contributed by atoms with E-state index in [4.69, 9.17) is 9.47 Å². The van der Waals surface area contributed by atoms with E-state index in [9.17, 15) is 4.79 Å². The van der Waals surface area contributed by atoms with E-state index >= 15 is 0 Å². The minimum Gasteiger partial charge on any atom is -0.486 e. The first-order chi connectivity index (χ1) is 13.7. The van der Waals surface area contributed by atoms with Gasteiger partial charge >= 0.3 is 5.97 Å². The second kappa shape index (κ2) is 6.72. The molecule has 1 atom stereocenters. The van der Waals surface area contributed by atoms with Crippen molar-refractivity contribution >= 4 is 28.7 Å². The van der Waals surface area contributed by atoms with Gasteiger partial charge in [-0.25, -0.2) is 4.98 Å². The molecule has 4 aromatic rings. The van der Waals surface area contributed by atoms with Crippen molar-refractivity contribution in [1.29, 1.82) is 0 Å². The Morgan fingerprint density at radius 1 is 1.21 bits per heavy atom. The third-order valence-corrected chi connectivity index (χ3v) is 5.48. The molecule has 8 heteroatoms. The van der Waals surface area contributed by atoms with Gasteiger partial charge in [0, 0.05) is 30.9 Å². The van der Waals surface area contributed by atoms with Gasteiger partial charge in [0.1, 0.15) is 35.0 Å². The molecular formula is C20H16N4O3S. The Kier molecular flexibility index (Phi) is 4.05. The van der Waals surface area contributed by atoms with Crippen LogP contribution in [0, 0.1) is 0 Å². The van der Waals surface area contributed by atoms with Gasteiger partial charge in [0.15, 0.2) is 0 Å². The van der Waals surface area contributed by atoms with E-state index in [0.29, 0.717) is 12.4 Å². The minimum absolute atomic E-state index is 0.118. The number of imidazole rings is 1. The van der Waals surface area contributed by atoms with Crippen LogP contribution in [-0.4, -0.2) is 24.3 Å². The third kappa shape index (κ3) is 2.91. The molecule has 0 unspecified atom stereocenters. The lowest BCUT2D eigenvalue weighted by atomic mass is 9.85. The zero-order valence-corrected chi connectivity index (χ0v) is 15.8. The number of rotatable bonds is 4. The molecule has 1 aliphatic heterocycles. The maximum absolute atomic E-state index is 12.1. The molecule has 1 aliphatic rings. The smallest absolute Gasteiger partial charge is 0.312 e. The second-order valence-electron chi connectivity index (χ2n) is 6.65. The molecule has 7 nitrogen and oxygen atoms in total. The number of esters is 1. The maximum atomic E-state index is 12.1. The Labute approximate surface area is 164 Å². The second-order valence-corrected chi connectivity index (χ2v) is 7.18. The van der Waals surface area contributed by atoms with Gasteiger partial charge in [-0.2, -0.15) is 8.75 Å². The summed E-state index contributed by atoms with van der Waals surface area (Å²) < 4.78 is 21.9. The Morgan fingerprint density at radius 2 is 2.07 bits per heavy atom. The number of carbonyl (C=O) groups excluding carboxylic acids is 1. The minimum atomic E-state index is -0.241. The average Bonchev–Trinajstić information content (AvgIpc) is 3.34. The van der Waals surface area contributed by atoms with Crippen molar-refractivity contribution < 1.29 is 14.3 Å². The van der Waals surface area contributed by atoms with E-state index in [2.05, 4.69) is 13.7 Å². The lowest BCUT2D eigenvalue weighted by Crippen LogP contribution is -2.21. The Bertz CT molecular complexity index is 1170. The van der Waals surface area contributed by atoms with Crippen molar-refractivity contribution in [3.63, 3.8) is 0 Å². The Hall–Kier alpha value is -3.26. The molecule has 3 heterocycles. The largest absolute Gasteiger partial charge is 0.486 e. The van der Waals surface area contributed by atoms with Crippen LogP contribution in [0.2, 0.25) is 0 Å². The molecule has 140 valence electrons. The van der Waals surface area contributed by atoms with E-state index in [1.54, 1.807) is 12.3 Å². The van der Waals surface area contributed by atoms with Gasteiger partial charge in [-0.1, -0.05) is 12.1 Å². The van der Waals surface area contributed by atoms with Crippen molar-refractivity contribution in [1.82, 2.24) is 18.3 Å². The number of hydrogen-bond acceptors (Lipinski definition) is 7. The molecule has 2 aromatic heterocycles. The van der Waals surface area contributed by atoms with E-state index in [-0.39, 0.29) is 18.3 Å². The summed E-state index contributed by atoms with van der Waals surface area (Å²) in [6.45, 7) is 0.395. The van der Waals surface area contributed by atoms with E-state index < -0.39 is 0 Å². The highest BCUT2D eigenvalue weighted by molar-refractivity contribution is 7.00. The quantitative estimate of drug-likeness (QED) is 0.391. The fourth-order valence-corrected chi connectivity index (χ4v) is 4.03. The molecule has 0 aliphatic carbocycles. The number of fused-ring (bicyclic) bond motifs is 3. The predicted octanol–water partition coefficient (Wildman–Crippen LogP) is 3.44. The zero-order valence-electron chi connectivity index (χ0n) is 15.0. The highest BCUT2D eigenvalue weighted by Gasteiger charge is 2.31. The number of aromatic nitrogens is 4. The number of carbonyl (C=O) groups is 1. The van der Waals surface area contributed by atoms with E-state index in [1.807, 2.05) is 48.1 Å². The summed E-state index contributed by atoms with van der Waals surface area (Å²) in [5.74, 6) is 1.81. The van der Waals surface area contributed by atoms with Gasteiger partial charge in [0.2, 0.25) is 0 Å². The number of aryl methyl sites for hydroxylation is 1. The summed E-state index contributed by atoms with van der Waals surface area (Å²) in [4.78, 5) is 16.4. The first-order valence-electron chi connectivity index (χ1n) is 8.84. The first kappa shape index (κ1) is 16.9. The van der Waals surface area contributed by atoms with Crippen LogP contribution in [0.4, 0.5) is 0 Å². The average molecular weight is 392 g/mol. The fourth-order valence-electron chi connectivity index (χ4n) is 3.48. The van der Waals surface area contributed by atoms with Crippen LogP contribution in [0.3, 0.4) is 0 Å². The molecule has 2 aromatic carbocycles. The first-order valence-corrected chi connectivity index (χ1v) is 9.57. The van der Waals surface area contributed by atoms with Crippen LogP contribution in [0.15, 0.2) is 48.8 Å². The molecule has 28 heavy (non-hydrogen) atoms. The molecule has 0 radical (unpaired) electrons. The topological polar surface area (TPSA) is 79.1 Å². The summed E-state index contributed by atoms with van der Waals surface area (Å²) in [5, 5.41) is 0. The number of ether oxygens (including phenoxy) is 2. The molecule has 5 rings (SSSR count). The normalized spacial score (nSPS) is 16.0. The molecule has 0 amide bonds. The Morgan fingerprint density at radius 3 is 2.86 bits per heavy atom. The highest BCUT2D eigenvalue weighted by Crippen LogP contribution is 2.42. The molecule has 0 saturated carbocycles. The van der Waals surface area contributed by atoms with Crippen molar-refractivity contribution in [2.45, 2.75) is 18.9 Å². The van der Waals surface area contributed by atoms with E-state index in [0.717, 1.165) is 45.5 Å². The number of benzene rings is 2. The maximum Gasteiger partial charge on any atom is 0.312 e. The predicted molar refractivity (Wildman–Crippen MR) is 103 cm³/mol. The van der Waals surface area contributed by atoms with Gasteiger partial charge in [-0.3, -0.25) is 4.79 Å². The lowest BCUT2D eigenvalue weighted by Gasteiger charge is -2.25. The Balaban J connectivity index is 1.44. The summed E-state index contributed by atoms with van der Waals surface area (Å²) >= 11 is 1.16. The molecule has 0 fully saturated rings. The molecular weight excluding hydrogens is 376 g/mol. The van der Waals surface area contributed by atoms with Gasteiger partial charge in [-0.15, -0.1) is 0 Å². The van der Waals surface area contributed by atoms with Crippen LogP contribution in [-0.2, 0) is 18.4 Å². The monoisotopic (exact) mass is 392 g/mol. The highest BCUT2D eigenvalue weighted by atomic mass is 32.1. The molecule has 0 bridgehead atoms.